The average Bonchev–Trinajstić information content (AvgIpc) is 3.40. The molecule has 0 spiro atoms. The smallest absolute Gasteiger partial charge is 0.330 e. The zero-order chi connectivity index (χ0) is 23.4. The van der Waals surface area contributed by atoms with Crippen molar-refractivity contribution in [2.24, 2.45) is 0 Å². The normalized spacial score (nSPS) is 15.6. The van der Waals surface area contributed by atoms with Gasteiger partial charge in [-0.25, -0.2) is 23.5 Å². The zero-order valence-corrected chi connectivity index (χ0v) is 18.3. The predicted molar refractivity (Wildman–Crippen MR) is 121 cm³/mol. The second-order valence-electron chi connectivity index (χ2n) is 8.21. The number of rotatable bonds is 4. The topological polar surface area (TPSA) is 79.8 Å². The highest BCUT2D eigenvalue weighted by molar-refractivity contribution is 5.77. The molecule has 10 heteroatoms. The van der Waals surface area contributed by atoms with Crippen molar-refractivity contribution in [3.8, 4) is 11.7 Å². The lowest BCUT2D eigenvalue weighted by Crippen LogP contribution is -2.32. The Kier molecular flexibility index (Phi) is 4.68. The van der Waals surface area contributed by atoms with Gasteiger partial charge in [-0.3, -0.25) is 13.7 Å². The van der Waals surface area contributed by atoms with Crippen LogP contribution in [0.15, 0.2) is 53.7 Å². The summed E-state index contributed by atoms with van der Waals surface area (Å²) in [5.74, 6) is -1.11. The van der Waals surface area contributed by atoms with Crippen molar-refractivity contribution in [3.63, 3.8) is 0 Å². The van der Waals surface area contributed by atoms with Crippen LogP contribution in [0.3, 0.4) is 0 Å². The maximum Gasteiger partial charge on any atom is 0.330 e. The van der Waals surface area contributed by atoms with Crippen LogP contribution in [0.1, 0.15) is 31.4 Å². The third-order valence-electron chi connectivity index (χ3n) is 6.19. The van der Waals surface area contributed by atoms with Crippen molar-refractivity contribution in [1.29, 1.82) is 0 Å². The molecule has 0 bridgehead atoms. The first-order valence-corrected chi connectivity index (χ1v) is 11.1. The van der Waals surface area contributed by atoms with E-state index in [-0.39, 0.29) is 23.6 Å². The van der Waals surface area contributed by atoms with E-state index in [0.717, 1.165) is 23.2 Å². The van der Waals surface area contributed by atoms with Gasteiger partial charge in [0.25, 0.3) is 0 Å². The Bertz CT molecular complexity index is 1620. The van der Waals surface area contributed by atoms with Crippen molar-refractivity contribution >= 4 is 22.2 Å². The van der Waals surface area contributed by atoms with Gasteiger partial charge in [-0.1, -0.05) is 19.1 Å². The second kappa shape index (κ2) is 7.75. The maximum absolute atomic E-state index is 14.9. The lowest BCUT2D eigenvalue weighted by atomic mass is 9.99. The molecule has 4 heterocycles. The van der Waals surface area contributed by atoms with Crippen LogP contribution in [-0.2, 0) is 6.54 Å². The SMILES string of the molecule is CCCn1c(=O)n([C@@H]2CCOc3c(F)ccc(F)c32)c2nc(-n3cnc4ccccc43)ncc21. The highest BCUT2D eigenvalue weighted by atomic mass is 19.1. The standard InChI is InChI=1S/C24H20F2N6O2/c1-2-10-30-19-12-27-23(31-13-28-16-5-3-4-6-17(16)31)29-22(19)32(24(30)33)18-9-11-34-21-15(26)8-7-14(25)20(18)21/h3-8,12-13,18H,2,9-11H2,1H3/t18-/m1/s1. The van der Waals surface area contributed by atoms with E-state index in [4.69, 9.17) is 9.72 Å². The highest BCUT2D eigenvalue weighted by Crippen LogP contribution is 2.39. The van der Waals surface area contributed by atoms with E-state index in [2.05, 4.69) is 9.97 Å². The molecular weight excluding hydrogens is 442 g/mol. The fourth-order valence-corrected chi connectivity index (χ4v) is 4.69. The Hall–Kier alpha value is -4.08. The first-order chi connectivity index (χ1) is 16.6. The third-order valence-corrected chi connectivity index (χ3v) is 6.19. The molecule has 1 aliphatic rings. The number of fused-ring (bicyclic) bond motifs is 3. The van der Waals surface area contributed by atoms with Crippen LogP contribution in [0, 0.1) is 11.6 Å². The van der Waals surface area contributed by atoms with Gasteiger partial charge in [0.1, 0.15) is 17.7 Å². The molecule has 2 aromatic carbocycles. The molecule has 5 aromatic rings. The van der Waals surface area contributed by atoms with E-state index >= 15 is 0 Å². The number of benzene rings is 2. The monoisotopic (exact) mass is 462 g/mol. The molecule has 0 unspecified atom stereocenters. The molecule has 34 heavy (non-hydrogen) atoms. The van der Waals surface area contributed by atoms with E-state index < -0.39 is 17.7 Å². The summed E-state index contributed by atoms with van der Waals surface area (Å²) < 4.78 is 39.6. The minimum atomic E-state index is -0.769. The number of halogens is 2. The van der Waals surface area contributed by atoms with Crippen LogP contribution in [0.4, 0.5) is 8.78 Å². The molecule has 8 nitrogen and oxygen atoms in total. The van der Waals surface area contributed by atoms with Crippen LogP contribution in [-0.4, -0.2) is 35.3 Å². The summed E-state index contributed by atoms with van der Waals surface area (Å²) in [5.41, 5.74) is 2.15. The first-order valence-electron chi connectivity index (χ1n) is 11.1. The van der Waals surface area contributed by atoms with E-state index in [0.29, 0.717) is 36.5 Å². The van der Waals surface area contributed by atoms with Gasteiger partial charge in [-0.15, -0.1) is 0 Å². The van der Waals surface area contributed by atoms with Gasteiger partial charge in [0.15, 0.2) is 17.2 Å². The van der Waals surface area contributed by atoms with Crippen molar-refractivity contribution in [2.75, 3.05) is 6.61 Å². The second-order valence-corrected chi connectivity index (χ2v) is 8.21. The number of imidazole rings is 2. The van der Waals surface area contributed by atoms with E-state index in [9.17, 15) is 13.6 Å². The number of nitrogens with zero attached hydrogens (tertiary/aromatic N) is 6. The maximum atomic E-state index is 14.9. The lowest BCUT2D eigenvalue weighted by molar-refractivity contribution is 0.238. The van der Waals surface area contributed by atoms with E-state index in [1.165, 1.54) is 4.57 Å². The Balaban J connectivity index is 1.62. The van der Waals surface area contributed by atoms with Crippen LogP contribution in [0.2, 0.25) is 0 Å². The summed E-state index contributed by atoms with van der Waals surface area (Å²) in [6.07, 6.45) is 4.23. The zero-order valence-electron chi connectivity index (χ0n) is 18.3. The molecule has 0 saturated carbocycles. The number of para-hydroxylation sites is 2. The Morgan fingerprint density at radius 1 is 1.09 bits per heavy atom. The Morgan fingerprint density at radius 3 is 2.76 bits per heavy atom. The fraction of sp³-hybridized carbons (Fsp3) is 0.250. The number of ether oxygens (including phenoxy) is 1. The molecule has 3 aromatic heterocycles. The molecule has 0 fully saturated rings. The van der Waals surface area contributed by atoms with Crippen LogP contribution >= 0.6 is 0 Å². The summed E-state index contributed by atoms with van der Waals surface area (Å²) in [7, 11) is 0. The van der Waals surface area contributed by atoms with Crippen LogP contribution < -0.4 is 10.4 Å². The van der Waals surface area contributed by atoms with Gasteiger partial charge >= 0.3 is 5.69 Å². The van der Waals surface area contributed by atoms with Gasteiger partial charge in [0.05, 0.1) is 35.4 Å². The average molecular weight is 462 g/mol. The molecule has 0 amide bonds. The number of aromatic nitrogens is 6. The summed E-state index contributed by atoms with van der Waals surface area (Å²) in [6, 6.07) is 8.89. The van der Waals surface area contributed by atoms with E-state index in [1.807, 2.05) is 31.2 Å². The number of hydrogen-bond acceptors (Lipinski definition) is 5. The van der Waals surface area contributed by atoms with Crippen molar-refractivity contribution in [3.05, 3.63) is 76.6 Å². The molecular formula is C24H20F2N6O2. The Labute approximate surface area is 192 Å². The summed E-state index contributed by atoms with van der Waals surface area (Å²) >= 11 is 0. The quantitative estimate of drug-likeness (QED) is 0.404. The van der Waals surface area contributed by atoms with Crippen LogP contribution in [0.5, 0.6) is 5.75 Å². The molecule has 0 radical (unpaired) electrons. The van der Waals surface area contributed by atoms with Gasteiger partial charge in [-0.2, -0.15) is 4.98 Å². The fourth-order valence-electron chi connectivity index (χ4n) is 4.69. The summed E-state index contributed by atoms with van der Waals surface area (Å²) in [5, 5.41) is 0. The first kappa shape index (κ1) is 20.5. The summed E-state index contributed by atoms with van der Waals surface area (Å²) in [6.45, 7) is 2.55. The van der Waals surface area contributed by atoms with Crippen LogP contribution in [0.25, 0.3) is 28.1 Å². The van der Waals surface area contributed by atoms with Crippen molar-refractivity contribution < 1.29 is 13.5 Å². The molecule has 1 aliphatic heterocycles. The summed E-state index contributed by atoms with van der Waals surface area (Å²) in [4.78, 5) is 27.2. The molecule has 172 valence electrons. The Morgan fingerprint density at radius 2 is 1.91 bits per heavy atom. The van der Waals surface area contributed by atoms with Gasteiger partial charge in [0.2, 0.25) is 5.95 Å². The van der Waals surface area contributed by atoms with Crippen molar-refractivity contribution in [1.82, 2.24) is 28.7 Å². The largest absolute Gasteiger partial charge is 0.490 e. The third kappa shape index (κ3) is 2.94. The minimum Gasteiger partial charge on any atom is -0.490 e. The molecule has 0 N–H and O–H groups in total. The highest BCUT2D eigenvalue weighted by Gasteiger charge is 2.33. The molecule has 0 aliphatic carbocycles. The molecule has 1 atom stereocenters. The molecule has 6 rings (SSSR count). The number of hydrogen-bond donors (Lipinski definition) is 0. The van der Waals surface area contributed by atoms with Gasteiger partial charge < -0.3 is 4.74 Å². The van der Waals surface area contributed by atoms with Gasteiger partial charge in [-0.05, 0) is 30.7 Å². The van der Waals surface area contributed by atoms with E-state index in [1.54, 1.807) is 21.7 Å². The predicted octanol–water partition coefficient (Wildman–Crippen LogP) is 3.99. The van der Waals surface area contributed by atoms with Crippen molar-refractivity contribution in [2.45, 2.75) is 32.4 Å². The molecule has 0 saturated heterocycles. The lowest BCUT2D eigenvalue weighted by Gasteiger charge is -2.27. The van der Waals surface area contributed by atoms with Gasteiger partial charge in [0, 0.05) is 13.0 Å². The number of aryl methyl sites for hydroxylation is 1. The minimum absolute atomic E-state index is 0.0251.